The lowest BCUT2D eigenvalue weighted by atomic mass is 10.2. The molecule has 4 rings (SSSR count). The molecule has 3 aromatic rings. The van der Waals surface area contributed by atoms with Gasteiger partial charge in [0.25, 0.3) is 0 Å². The molecule has 9 heteroatoms. The predicted molar refractivity (Wildman–Crippen MR) is 116 cm³/mol. The van der Waals surface area contributed by atoms with Gasteiger partial charge in [0.15, 0.2) is 5.16 Å². The lowest BCUT2D eigenvalue weighted by Crippen LogP contribution is -2.40. The van der Waals surface area contributed by atoms with Gasteiger partial charge in [-0.15, -0.1) is 10.2 Å². The SMILES string of the molecule is Cc1cccc(-n2c(C)nnc2SCc2cccc(S(=O)(=O)N3CCOCC3)c2)c1. The maximum atomic E-state index is 12.9. The quantitative estimate of drug-likeness (QED) is 0.544. The second kappa shape index (κ2) is 8.89. The molecule has 1 aromatic heterocycles. The van der Waals surface area contributed by atoms with E-state index in [1.165, 1.54) is 16.1 Å². The molecule has 0 bridgehead atoms. The molecule has 0 N–H and O–H groups in total. The molecule has 0 aliphatic carbocycles. The summed E-state index contributed by atoms with van der Waals surface area (Å²) in [5, 5.41) is 9.33. The number of sulfonamides is 1. The molecule has 2 aromatic carbocycles. The third-order valence-electron chi connectivity index (χ3n) is 4.93. The van der Waals surface area contributed by atoms with Crippen molar-refractivity contribution < 1.29 is 13.2 Å². The van der Waals surface area contributed by atoms with E-state index in [9.17, 15) is 8.42 Å². The Kier molecular flexibility index (Phi) is 6.24. The average Bonchev–Trinajstić information content (AvgIpc) is 3.13. The molecular weight excluding hydrogens is 420 g/mol. The Bertz CT molecular complexity index is 1140. The number of aryl methyl sites for hydroxylation is 2. The number of ether oxygens (including phenoxy) is 1. The Morgan fingerprint density at radius 3 is 2.57 bits per heavy atom. The highest BCUT2D eigenvalue weighted by atomic mass is 32.2. The van der Waals surface area contributed by atoms with Crippen LogP contribution in [0, 0.1) is 13.8 Å². The molecule has 30 heavy (non-hydrogen) atoms. The number of aromatic nitrogens is 3. The fourth-order valence-corrected chi connectivity index (χ4v) is 5.80. The van der Waals surface area contributed by atoms with Crippen LogP contribution >= 0.6 is 11.8 Å². The summed E-state index contributed by atoms with van der Waals surface area (Å²) in [6.07, 6.45) is 0. The first-order valence-electron chi connectivity index (χ1n) is 9.74. The molecule has 0 unspecified atom stereocenters. The number of hydrogen-bond donors (Lipinski definition) is 0. The highest BCUT2D eigenvalue weighted by Gasteiger charge is 2.26. The smallest absolute Gasteiger partial charge is 0.243 e. The van der Waals surface area contributed by atoms with Crippen LogP contribution in [0.3, 0.4) is 0 Å². The van der Waals surface area contributed by atoms with Gasteiger partial charge in [-0.25, -0.2) is 8.42 Å². The second-order valence-corrected chi connectivity index (χ2v) is 10.0. The van der Waals surface area contributed by atoms with Crippen molar-refractivity contribution in [2.24, 2.45) is 0 Å². The predicted octanol–water partition coefficient (Wildman–Crippen LogP) is 3.20. The van der Waals surface area contributed by atoms with E-state index in [0.29, 0.717) is 37.0 Å². The standard InChI is InChI=1S/C21H24N4O3S2/c1-16-5-3-7-19(13-16)25-17(2)22-23-21(25)29-15-18-6-4-8-20(14-18)30(26,27)24-9-11-28-12-10-24/h3-8,13-14H,9-12,15H2,1-2H3. The van der Waals surface area contributed by atoms with Crippen molar-refractivity contribution in [1.29, 1.82) is 0 Å². The fourth-order valence-electron chi connectivity index (χ4n) is 3.38. The molecule has 7 nitrogen and oxygen atoms in total. The largest absolute Gasteiger partial charge is 0.379 e. The van der Waals surface area contributed by atoms with Crippen LogP contribution in [-0.4, -0.2) is 53.8 Å². The average molecular weight is 445 g/mol. The van der Waals surface area contributed by atoms with Crippen LogP contribution in [0.25, 0.3) is 5.69 Å². The van der Waals surface area contributed by atoms with Gasteiger partial charge in [0.05, 0.1) is 18.1 Å². The van der Waals surface area contributed by atoms with E-state index in [0.717, 1.165) is 27.8 Å². The molecule has 0 saturated carbocycles. The van der Waals surface area contributed by atoms with Crippen LogP contribution in [0.5, 0.6) is 0 Å². The minimum Gasteiger partial charge on any atom is -0.379 e. The molecule has 0 amide bonds. The van der Waals surface area contributed by atoms with Crippen LogP contribution in [0.2, 0.25) is 0 Å². The third-order valence-corrected chi connectivity index (χ3v) is 7.82. The normalized spacial score (nSPS) is 15.4. The summed E-state index contributed by atoms with van der Waals surface area (Å²) in [5.74, 6) is 1.41. The first-order valence-corrected chi connectivity index (χ1v) is 12.2. The maximum absolute atomic E-state index is 12.9. The Labute approximate surface area is 181 Å². The molecule has 158 valence electrons. The van der Waals surface area contributed by atoms with Crippen molar-refractivity contribution in [2.45, 2.75) is 29.7 Å². The van der Waals surface area contributed by atoms with Crippen molar-refractivity contribution in [3.63, 3.8) is 0 Å². The van der Waals surface area contributed by atoms with E-state index in [-0.39, 0.29) is 0 Å². The number of rotatable bonds is 6. The lowest BCUT2D eigenvalue weighted by molar-refractivity contribution is 0.0730. The molecule has 1 aliphatic rings. The molecule has 2 heterocycles. The van der Waals surface area contributed by atoms with E-state index in [2.05, 4.69) is 29.3 Å². The maximum Gasteiger partial charge on any atom is 0.243 e. The summed E-state index contributed by atoms with van der Waals surface area (Å²) in [5.41, 5.74) is 3.10. The minimum absolute atomic E-state index is 0.318. The van der Waals surface area contributed by atoms with Gasteiger partial charge >= 0.3 is 0 Å². The van der Waals surface area contributed by atoms with E-state index in [4.69, 9.17) is 4.74 Å². The van der Waals surface area contributed by atoms with Crippen LogP contribution in [0.15, 0.2) is 58.6 Å². The highest BCUT2D eigenvalue weighted by molar-refractivity contribution is 7.98. The topological polar surface area (TPSA) is 77.3 Å². The number of nitrogens with zero attached hydrogens (tertiary/aromatic N) is 4. The van der Waals surface area contributed by atoms with Crippen molar-refractivity contribution in [3.8, 4) is 5.69 Å². The Hall–Kier alpha value is -2.20. The molecule has 0 atom stereocenters. The number of thioether (sulfide) groups is 1. The highest BCUT2D eigenvalue weighted by Crippen LogP contribution is 2.27. The Morgan fingerprint density at radius 1 is 1.03 bits per heavy atom. The first kappa shape index (κ1) is 21.0. The van der Waals surface area contributed by atoms with Gasteiger partial charge in [0, 0.05) is 24.5 Å². The lowest BCUT2D eigenvalue weighted by Gasteiger charge is -2.26. The van der Waals surface area contributed by atoms with Crippen molar-refractivity contribution in [2.75, 3.05) is 26.3 Å². The van der Waals surface area contributed by atoms with Gasteiger partial charge in [-0.3, -0.25) is 4.57 Å². The summed E-state index contributed by atoms with van der Waals surface area (Å²) >= 11 is 1.54. The second-order valence-electron chi connectivity index (χ2n) is 7.16. The number of hydrogen-bond acceptors (Lipinski definition) is 6. The van der Waals surface area contributed by atoms with E-state index >= 15 is 0 Å². The molecule has 0 radical (unpaired) electrons. The summed E-state index contributed by atoms with van der Waals surface area (Å²) in [7, 11) is -3.51. The van der Waals surface area contributed by atoms with Crippen molar-refractivity contribution in [3.05, 3.63) is 65.5 Å². The summed E-state index contributed by atoms with van der Waals surface area (Å²) < 4.78 is 34.6. The molecule has 0 spiro atoms. The zero-order valence-corrected chi connectivity index (χ0v) is 18.6. The van der Waals surface area contributed by atoms with Crippen molar-refractivity contribution in [1.82, 2.24) is 19.1 Å². The summed E-state index contributed by atoms with van der Waals surface area (Å²) in [6, 6.07) is 15.3. The first-order chi connectivity index (χ1) is 14.4. The van der Waals surface area contributed by atoms with Gasteiger partial charge in [-0.05, 0) is 49.2 Å². The number of benzene rings is 2. The van der Waals surface area contributed by atoms with Crippen LogP contribution in [-0.2, 0) is 20.5 Å². The van der Waals surface area contributed by atoms with E-state index in [1.54, 1.807) is 18.2 Å². The third kappa shape index (κ3) is 4.44. The molecule has 1 aliphatic heterocycles. The van der Waals surface area contributed by atoms with E-state index < -0.39 is 10.0 Å². The van der Waals surface area contributed by atoms with Gasteiger partial charge in [0.1, 0.15) is 5.82 Å². The van der Waals surface area contributed by atoms with E-state index in [1.807, 2.05) is 29.7 Å². The minimum atomic E-state index is -3.51. The molecule has 1 fully saturated rings. The van der Waals surface area contributed by atoms with Crippen LogP contribution < -0.4 is 0 Å². The summed E-state index contributed by atoms with van der Waals surface area (Å²) in [6.45, 7) is 5.62. The van der Waals surface area contributed by atoms with Gasteiger partial charge < -0.3 is 4.74 Å². The molecular formula is C21H24N4O3S2. The van der Waals surface area contributed by atoms with Crippen LogP contribution in [0.1, 0.15) is 17.0 Å². The molecule has 1 saturated heterocycles. The van der Waals surface area contributed by atoms with Crippen LogP contribution in [0.4, 0.5) is 0 Å². The zero-order chi connectivity index (χ0) is 21.1. The Morgan fingerprint density at radius 2 is 1.80 bits per heavy atom. The monoisotopic (exact) mass is 444 g/mol. The zero-order valence-electron chi connectivity index (χ0n) is 17.0. The van der Waals surface area contributed by atoms with Crippen molar-refractivity contribution >= 4 is 21.8 Å². The Balaban J connectivity index is 1.54. The van der Waals surface area contributed by atoms with Gasteiger partial charge in [-0.2, -0.15) is 4.31 Å². The fraction of sp³-hybridized carbons (Fsp3) is 0.333. The summed E-state index contributed by atoms with van der Waals surface area (Å²) in [4.78, 5) is 0.318. The number of morpholine rings is 1. The van der Waals surface area contributed by atoms with Gasteiger partial charge in [0.2, 0.25) is 10.0 Å². The van der Waals surface area contributed by atoms with Gasteiger partial charge in [-0.1, -0.05) is 36.0 Å².